The van der Waals surface area contributed by atoms with Gasteiger partial charge in [0, 0.05) is 6.04 Å². The first-order valence-electron chi connectivity index (χ1n) is 10.1. The Bertz CT molecular complexity index is 963. The Morgan fingerprint density at radius 1 is 0.893 bits per heavy atom. The van der Waals surface area contributed by atoms with E-state index in [4.69, 9.17) is 0 Å². The van der Waals surface area contributed by atoms with Crippen LogP contribution in [0.4, 0.5) is 0 Å². The monoisotopic (exact) mass is 399 g/mol. The molecule has 3 rings (SSSR count). The van der Waals surface area contributed by atoms with Crippen LogP contribution in [-0.2, 0) is 33.7 Å². The van der Waals surface area contributed by atoms with E-state index in [1.165, 1.54) is 11.1 Å². The second-order valence-electron chi connectivity index (χ2n) is 10.0. The molecular weight excluding hydrogens is 366 g/mol. The van der Waals surface area contributed by atoms with Crippen LogP contribution in [0.1, 0.15) is 70.2 Å². The lowest BCUT2D eigenvalue weighted by atomic mass is 9.81. The highest BCUT2D eigenvalue weighted by Crippen LogP contribution is 2.34. The largest absolute Gasteiger partial charge is 0.241 e. The highest BCUT2D eigenvalue weighted by molar-refractivity contribution is 7.89. The third kappa shape index (κ3) is 4.49. The Balaban J connectivity index is 1.94. The van der Waals surface area contributed by atoms with E-state index in [1.54, 1.807) is 6.07 Å². The Morgan fingerprint density at radius 2 is 1.54 bits per heavy atom. The molecule has 1 unspecified atom stereocenters. The summed E-state index contributed by atoms with van der Waals surface area (Å²) in [6, 6.07) is 14.1. The molecule has 0 aromatic heterocycles. The topological polar surface area (TPSA) is 46.2 Å². The minimum atomic E-state index is -3.59. The molecule has 0 saturated heterocycles. The van der Waals surface area contributed by atoms with Gasteiger partial charge >= 0.3 is 0 Å². The fraction of sp³-hybridized carbons (Fsp3) is 0.500. The average Bonchev–Trinajstić information content (AvgIpc) is 2.59. The Hall–Kier alpha value is -1.65. The van der Waals surface area contributed by atoms with E-state index < -0.39 is 10.0 Å². The first-order valence-corrected chi connectivity index (χ1v) is 11.6. The van der Waals surface area contributed by atoms with Gasteiger partial charge < -0.3 is 0 Å². The van der Waals surface area contributed by atoms with Crippen molar-refractivity contribution in [3.8, 4) is 0 Å². The van der Waals surface area contributed by atoms with Crippen molar-refractivity contribution in [2.75, 3.05) is 0 Å². The van der Waals surface area contributed by atoms with Crippen molar-refractivity contribution in [1.29, 1.82) is 0 Å². The second kappa shape index (κ2) is 7.31. The van der Waals surface area contributed by atoms with Crippen molar-refractivity contribution in [3.05, 3.63) is 64.7 Å². The summed E-state index contributed by atoms with van der Waals surface area (Å²) < 4.78 is 29.7. The van der Waals surface area contributed by atoms with Gasteiger partial charge in [-0.25, -0.2) is 13.1 Å². The lowest BCUT2D eigenvalue weighted by Gasteiger charge is -2.29. The summed E-state index contributed by atoms with van der Waals surface area (Å²) >= 11 is 0. The Kier molecular flexibility index (Phi) is 5.50. The lowest BCUT2D eigenvalue weighted by Crippen LogP contribution is -2.39. The molecule has 0 aliphatic heterocycles. The molecule has 0 radical (unpaired) electrons. The molecule has 0 saturated carbocycles. The molecule has 1 atom stereocenters. The summed E-state index contributed by atoms with van der Waals surface area (Å²) in [5.74, 6) is 0. The standard InChI is InChI=1S/C24H33NO2S/c1-23(2,3)19-12-14-22(21(16-19)24(4,5)6)28(26,27)25-20-13-11-17-9-7-8-10-18(17)15-20/h7-10,12,14,16,20,25H,11,13,15H2,1-6H3. The van der Waals surface area contributed by atoms with Crippen LogP contribution in [0.25, 0.3) is 0 Å². The number of sulfonamides is 1. The number of nitrogens with one attached hydrogen (secondary N) is 1. The quantitative estimate of drug-likeness (QED) is 0.779. The molecular formula is C24H33NO2S. The maximum Gasteiger partial charge on any atom is 0.241 e. The number of benzene rings is 2. The number of rotatable bonds is 3. The molecule has 0 heterocycles. The first-order chi connectivity index (χ1) is 12.9. The third-order valence-electron chi connectivity index (χ3n) is 5.61. The van der Waals surface area contributed by atoms with E-state index in [0.29, 0.717) is 4.90 Å². The molecule has 1 aliphatic carbocycles. The van der Waals surface area contributed by atoms with Crippen molar-refractivity contribution in [2.45, 2.75) is 82.6 Å². The maximum absolute atomic E-state index is 13.3. The fourth-order valence-electron chi connectivity index (χ4n) is 3.90. The van der Waals surface area contributed by atoms with Crippen molar-refractivity contribution in [1.82, 2.24) is 4.72 Å². The average molecular weight is 400 g/mol. The summed E-state index contributed by atoms with van der Waals surface area (Å²) in [5, 5.41) is 0. The molecule has 4 heteroatoms. The van der Waals surface area contributed by atoms with Gasteiger partial charge in [-0.15, -0.1) is 0 Å². The molecule has 3 nitrogen and oxygen atoms in total. The summed E-state index contributed by atoms with van der Waals surface area (Å²) in [5.41, 5.74) is 4.34. The third-order valence-corrected chi connectivity index (χ3v) is 7.19. The van der Waals surface area contributed by atoms with Gasteiger partial charge in [-0.1, -0.05) is 77.9 Å². The van der Waals surface area contributed by atoms with Crippen LogP contribution in [0.3, 0.4) is 0 Å². The molecule has 2 aromatic carbocycles. The predicted octanol–water partition coefficient (Wildman–Crippen LogP) is 5.12. The minimum Gasteiger partial charge on any atom is -0.208 e. The smallest absolute Gasteiger partial charge is 0.208 e. The van der Waals surface area contributed by atoms with Crippen LogP contribution in [0.15, 0.2) is 47.4 Å². The highest BCUT2D eigenvalue weighted by Gasteiger charge is 2.30. The minimum absolute atomic E-state index is 0.0250. The number of aryl methyl sites for hydroxylation is 1. The van der Waals surface area contributed by atoms with Crippen LogP contribution >= 0.6 is 0 Å². The highest BCUT2D eigenvalue weighted by atomic mass is 32.2. The van der Waals surface area contributed by atoms with Crippen molar-refractivity contribution >= 4 is 10.0 Å². The van der Waals surface area contributed by atoms with Crippen LogP contribution < -0.4 is 4.72 Å². The van der Waals surface area contributed by atoms with Gasteiger partial charge in [0.1, 0.15) is 0 Å². The predicted molar refractivity (Wildman–Crippen MR) is 116 cm³/mol. The van der Waals surface area contributed by atoms with E-state index in [2.05, 4.69) is 70.5 Å². The molecule has 2 aromatic rings. The molecule has 0 fully saturated rings. The van der Waals surface area contributed by atoms with Crippen molar-refractivity contribution in [3.63, 3.8) is 0 Å². The zero-order valence-corrected chi connectivity index (χ0v) is 18.8. The van der Waals surface area contributed by atoms with Gasteiger partial charge in [0.25, 0.3) is 0 Å². The van der Waals surface area contributed by atoms with Crippen molar-refractivity contribution < 1.29 is 8.42 Å². The second-order valence-corrected chi connectivity index (χ2v) is 11.7. The zero-order chi connectivity index (χ0) is 20.7. The Labute approximate surface area is 170 Å². The van der Waals surface area contributed by atoms with Gasteiger partial charge in [0.15, 0.2) is 0 Å². The van der Waals surface area contributed by atoms with Crippen LogP contribution in [0.2, 0.25) is 0 Å². The van der Waals surface area contributed by atoms with E-state index in [0.717, 1.165) is 30.4 Å². The fourth-order valence-corrected chi connectivity index (χ4v) is 5.57. The number of hydrogen-bond acceptors (Lipinski definition) is 2. The number of fused-ring (bicyclic) bond motifs is 1. The number of hydrogen-bond donors (Lipinski definition) is 1. The van der Waals surface area contributed by atoms with Gasteiger partial charge in [-0.05, 0) is 58.4 Å². The molecule has 152 valence electrons. The van der Waals surface area contributed by atoms with Gasteiger partial charge in [0.05, 0.1) is 4.90 Å². The SMILES string of the molecule is CC(C)(C)c1ccc(S(=O)(=O)NC2CCc3ccccc3C2)c(C(C)(C)C)c1. The maximum atomic E-state index is 13.3. The van der Waals surface area contributed by atoms with E-state index in [-0.39, 0.29) is 16.9 Å². The summed E-state index contributed by atoms with van der Waals surface area (Å²) in [6.07, 6.45) is 2.50. The molecule has 1 aliphatic rings. The molecule has 1 N–H and O–H groups in total. The van der Waals surface area contributed by atoms with E-state index in [1.807, 2.05) is 12.1 Å². The van der Waals surface area contributed by atoms with Gasteiger partial charge in [-0.2, -0.15) is 0 Å². The Morgan fingerprint density at radius 3 is 2.14 bits per heavy atom. The van der Waals surface area contributed by atoms with Crippen molar-refractivity contribution in [2.24, 2.45) is 0 Å². The van der Waals surface area contributed by atoms with Crippen LogP contribution in [0, 0.1) is 0 Å². The van der Waals surface area contributed by atoms with Crippen LogP contribution in [0.5, 0.6) is 0 Å². The molecule has 0 amide bonds. The molecule has 0 bridgehead atoms. The molecule has 0 spiro atoms. The normalized spacial score (nSPS) is 18.0. The summed E-state index contributed by atoms with van der Waals surface area (Å²) in [6.45, 7) is 12.7. The first kappa shape index (κ1) is 21.1. The lowest BCUT2D eigenvalue weighted by molar-refractivity contribution is 0.502. The molecule has 28 heavy (non-hydrogen) atoms. The summed E-state index contributed by atoms with van der Waals surface area (Å²) in [4.78, 5) is 0.409. The van der Waals surface area contributed by atoms with Gasteiger partial charge in [-0.3, -0.25) is 0 Å². The van der Waals surface area contributed by atoms with Gasteiger partial charge in [0.2, 0.25) is 10.0 Å². The van der Waals surface area contributed by atoms with E-state index in [9.17, 15) is 8.42 Å². The van der Waals surface area contributed by atoms with Crippen LogP contribution in [-0.4, -0.2) is 14.5 Å². The zero-order valence-electron chi connectivity index (χ0n) is 18.0. The summed E-state index contributed by atoms with van der Waals surface area (Å²) in [7, 11) is -3.59. The van der Waals surface area contributed by atoms with E-state index >= 15 is 0 Å².